The Morgan fingerprint density at radius 3 is 2.53 bits per heavy atom. The zero-order valence-corrected chi connectivity index (χ0v) is 7.81. The summed E-state index contributed by atoms with van der Waals surface area (Å²) in [5.74, 6) is -0.148. The van der Waals surface area contributed by atoms with E-state index in [9.17, 15) is 9.59 Å². The van der Waals surface area contributed by atoms with Crippen molar-refractivity contribution in [2.45, 2.75) is 0 Å². The van der Waals surface area contributed by atoms with Crippen LogP contribution in [-0.2, 0) is 0 Å². The smallest absolute Gasteiger partial charge is 0.209 e. The van der Waals surface area contributed by atoms with Gasteiger partial charge in [-0.1, -0.05) is 0 Å². The molecule has 0 fully saturated rings. The lowest BCUT2D eigenvalue weighted by Gasteiger charge is -1.96. The summed E-state index contributed by atoms with van der Waals surface area (Å²) in [5.41, 5.74) is 1.35. The van der Waals surface area contributed by atoms with Gasteiger partial charge in [-0.3, -0.25) is 14.6 Å². The molecule has 0 saturated heterocycles. The van der Waals surface area contributed by atoms with E-state index in [4.69, 9.17) is 0 Å². The summed E-state index contributed by atoms with van der Waals surface area (Å²) in [6, 6.07) is 6.42. The van der Waals surface area contributed by atoms with Crippen molar-refractivity contribution in [2.24, 2.45) is 0 Å². The van der Waals surface area contributed by atoms with Gasteiger partial charge in [0, 0.05) is 18.0 Å². The van der Waals surface area contributed by atoms with Gasteiger partial charge in [0.05, 0.1) is 11.4 Å². The molecular weight excluding hydrogens is 192 g/mol. The Morgan fingerprint density at radius 1 is 1.20 bits per heavy atom. The molecule has 0 radical (unpaired) electrons. The number of nitrogens with one attached hydrogen (secondary N) is 1. The number of aromatic nitrogens is 2. The molecule has 4 nitrogen and oxygen atoms in total. The SMILES string of the molecule is O=Cc1ccc(C(=O)c2ccncc2)[nH]1. The van der Waals surface area contributed by atoms with Crippen molar-refractivity contribution in [1.82, 2.24) is 9.97 Å². The highest BCUT2D eigenvalue weighted by Crippen LogP contribution is 2.07. The van der Waals surface area contributed by atoms with E-state index in [-0.39, 0.29) is 5.78 Å². The van der Waals surface area contributed by atoms with Crippen LogP contribution in [-0.4, -0.2) is 22.0 Å². The first-order valence-corrected chi connectivity index (χ1v) is 4.40. The molecule has 0 unspecified atom stereocenters. The predicted octanol–water partition coefficient (Wildman–Crippen LogP) is 1.45. The zero-order valence-electron chi connectivity index (χ0n) is 7.81. The monoisotopic (exact) mass is 200 g/mol. The van der Waals surface area contributed by atoms with Gasteiger partial charge in [-0.2, -0.15) is 0 Å². The fourth-order valence-corrected chi connectivity index (χ4v) is 1.27. The van der Waals surface area contributed by atoms with Gasteiger partial charge in [0.2, 0.25) is 5.78 Å². The Labute approximate surface area is 86.0 Å². The van der Waals surface area contributed by atoms with Crippen LogP contribution in [0.5, 0.6) is 0 Å². The van der Waals surface area contributed by atoms with Gasteiger partial charge < -0.3 is 4.98 Å². The molecule has 2 aromatic rings. The minimum Gasteiger partial charge on any atom is -0.350 e. The van der Waals surface area contributed by atoms with Crippen molar-refractivity contribution in [3.05, 3.63) is 53.6 Å². The van der Waals surface area contributed by atoms with Crippen LogP contribution in [0.1, 0.15) is 26.5 Å². The lowest BCUT2D eigenvalue weighted by Crippen LogP contribution is -2.01. The van der Waals surface area contributed by atoms with Gasteiger partial charge in [-0.25, -0.2) is 0 Å². The maximum Gasteiger partial charge on any atom is 0.209 e. The number of nitrogens with zero attached hydrogens (tertiary/aromatic N) is 1. The third kappa shape index (κ3) is 1.83. The molecule has 0 atom stereocenters. The molecule has 0 bridgehead atoms. The zero-order chi connectivity index (χ0) is 10.7. The van der Waals surface area contributed by atoms with Crippen molar-refractivity contribution in [2.75, 3.05) is 0 Å². The molecule has 1 N–H and O–H groups in total. The molecule has 0 aromatic carbocycles. The maximum absolute atomic E-state index is 11.8. The molecule has 2 heterocycles. The molecular formula is C11H8N2O2. The molecule has 2 aromatic heterocycles. The number of hydrogen-bond acceptors (Lipinski definition) is 3. The second-order valence-electron chi connectivity index (χ2n) is 3.01. The van der Waals surface area contributed by atoms with Crippen LogP contribution in [0, 0.1) is 0 Å². The van der Waals surface area contributed by atoms with Crippen molar-refractivity contribution in [1.29, 1.82) is 0 Å². The van der Waals surface area contributed by atoms with Gasteiger partial charge >= 0.3 is 0 Å². The Bertz CT molecular complexity index is 488. The minimum absolute atomic E-state index is 0.148. The lowest BCUT2D eigenvalue weighted by molar-refractivity contribution is 0.103. The van der Waals surface area contributed by atoms with Gasteiger partial charge in [0.25, 0.3) is 0 Å². The number of rotatable bonds is 3. The van der Waals surface area contributed by atoms with Crippen molar-refractivity contribution in [3.63, 3.8) is 0 Å². The molecule has 0 aliphatic carbocycles. The van der Waals surface area contributed by atoms with Crippen LogP contribution in [0.2, 0.25) is 0 Å². The van der Waals surface area contributed by atoms with Crippen LogP contribution in [0.25, 0.3) is 0 Å². The fourth-order valence-electron chi connectivity index (χ4n) is 1.27. The van der Waals surface area contributed by atoms with Crippen LogP contribution in [0.4, 0.5) is 0 Å². The molecule has 15 heavy (non-hydrogen) atoms. The van der Waals surface area contributed by atoms with Crippen molar-refractivity contribution in [3.8, 4) is 0 Å². The number of hydrogen-bond donors (Lipinski definition) is 1. The number of carbonyl (C=O) groups excluding carboxylic acids is 2. The summed E-state index contributed by atoms with van der Waals surface area (Å²) >= 11 is 0. The number of H-pyrrole nitrogens is 1. The van der Waals surface area contributed by atoms with Gasteiger partial charge in [0.15, 0.2) is 6.29 Å². The van der Waals surface area contributed by atoms with Gasteiger partial charge in [-0.05, 0) is 24.3 Å². The average Bonchev–Trinajstić information content (AvgIpc) is 2.78. The summed E-state index contributed by atoms with van der Waals surface area (Å²) in [5, 5.41) is 0. The highest BCUT2D eigenvalue weighted by molar-refractivity contribution is 6.08. The second-order valence-corrected chi connectivity index (χ2v) is 3.01. The molecule has 0 aliphatic heterocycles. The summed E-state index contributed by atoms with van der Waals surface area (Å²) in [6.45, 7) is 0. The first-order valence-electron chi connectivity index (χ1n) is 4.40. The minimum atomic E-state index is -0.148. The third-order valence-electron chi connectivity index (χ3n) is 2.02. The number of carbonyl (C=O) groups is 2. The van der Waals surface area contributed by atoms with E-state index in [1.807, 2.05) is 0 Å². The van der Waals surface area contributed by atoms with E-state index in [1.54, 1.807) is 36.7 Å². The molecule has 4 heteroatoms. The third-order valence-corrected chi connectivity index (χ3v) is 2.02. The quantitative estimate of drug-likeness (QED) is 0.602. The van der Waals surface area contributed by atoms with Crippen LogP contribution >= 0.6 is 0 Å². The van der Waals surface area contributed by atoms with Crippen LogP contribution < -0.4 is 0 Å². The summed E-state index contributed by atoms with van der Waals surface area (Å²) < 4.78 is 0. The molecule has 0 aliphatic rings. The van der Waals surface area contributed by atoms with Gasteiger partial charge in [0.1, 0.15) is 0 Å². The first-order chi connectivity index (χ1) is 7.31. The lowest BCUT2D eigenvalue weighted by atomic mass is 10.1. The topological polar surface area (TPSA) is 62.8 Å². The van der Waals surface area contributed by atoms with E-state index in [2.05, 4.69) is 9.97 Å². The Kier molecular flexibility index (Phi) is 2.41. The average molecular weight is 200 g/mol. The maximum atomic E-state index is 11.8. The number of aromatic amines is 1. The van der Waals surface area contributed by atoms with Gasteiger partial charge in [-0.15, -0.1) is 0 Å². The molecule has 0 amide bonds. The molecule has 2 rings (SSSR count). The van der Waals surface area contributed by atoms with E-state index in [1.165, 1.54) is 0 Å². The first kappa shape index (κ1) is 9.33. The Morgan fingerprint density at radius 2 is 1.93 bits per heavy atom. The van der Waals surface area contributed by atoms with E-state index >= 15 is 0 Å². The number of pyridine rings is 1. The normalized spacial score (nSPS) is 9.87. The summed E-state index contributed by atoms with van der Waals surface area (Å²) in [7, 11) is 0. The van der Waals surface area contributed by atoms with E-state index < -0.39 is 0 Å². The summed E-state index contributed by atoms with van der Waals surface area (Å²) in [4.78, 5) is 28.8. The standard InChI is InChI=1S/C11H8N2O2/c14-7-9-1-2-10(13-9)11(15)8-3-5-12-6-4-8/h1-7,13H. The van der Waals surface area contributed by atoms with E-state index in [0.717, 1.165) is 0 Å². The van der Waals surface area contributed by atoms with Crippen molar-refractivity contribution < 1.29 is 9.59 Å². The van der Waals surface area contributed by atoms with E-state index in [0.29, 0.717) is 23.2 Å². The largest absolute Gasteiger partial charge is 0.350 e. The number of aldehydes is 1. The fraction of sp³-hybridized carbons (Fsp3) is 0. The molecule has 0 spiro atoms. The van der Waals surface area contributed by atoms with Crippen molar-refractivity contribution >= 4 is 12.1 Å². The molecule has 0 saturated carbocycles. The Hall–Kier alpha value is -2.23. The Balaban J connectivity index is 2.32. The predicted molar refractivity (Wildman–Crippen MR) is 53.8 cm³/mol. The number of ketones is 1. The second kappa shape index (κ2) is 3.88. The summed E-state index contributed by atoms with van der Waals surface area (Å²) in [6.07, 6.45) is 3.77. The highest BCUT2D eigenvalue weighted by atomic mass is 16.1. The molecule has 74 valence electrons. The highest BCUT2D eigenvalue weighted by Gasteiger charge is 2.10. The van der Waals surface area contributed by atoms with Crippen LogP contribution in [0.3, 0.4) is 0 Å². The van der Waals surface area contributed by atoms with Crippen LogP contribution in [0.15, 0.2) is 36.7 Å².